The standard InChI is InChI=1S/C15H20BrFN2/c1-3-5-7-12(6-4-2)19-13-9-8-11(10-18)14(16)15(13)17/h8-9,12,19H,3-7H2,1-2H3. The Labute approximate surface area is 123 Å². The molecule has 0 fully saturated rings. The molecular weight excluding hydrogens is 307 g/mol. The number of hydrogen-bond acceptors (Lipinski definition) is 2. The second kappa shape index (κ2) is 8.16. The van der Waals surface area contributed by atoms with Gasteiger partial charge in [0.05, 0.1) is 15.7 Å². The smallest absolute Gasteiger partial charge is 0.161 e. The van der Waals surface area contributed by atoms with Crippen LogP contribution in [-0.4, -0.2) is 6.04 Å². The van der Waals surface area contributed by atoms with Crippen LogP contribution in [0.2, 0.25) is 0 Å². The van der Waals surface area contributed by atoms with Crippen molar-refractivity contribution in [3.63, 3.8) is 0 Å². The van der Waals surface area contributed by atoms with Gasteiger partial charge in [-0.2, -0.15) is 5.26 Å². The molecule has 19 heavy (non-hydrogen) atoms. The SMILES string of the molecule is CCCCC(CCC)Nc1ccc(C#N)c(Br)c1F. The summed E-state index contributed by atoms with van der Waals surface area (Å²) in [6.07, 6.45) is 5.41. The molecule has 2 nitrogen and oxygen atoms in total. The van der Waals surface area contributed by atoms with Crippen LogP contribution in [0.1, 0.15) is 51.5 Å². The van der Waals surface area contributed by atoms with Gasteiger partial charge in [0.15, 0.2) is 5.82 Å². The molecule has 0 saturated heterocycles. The molecule has 1 unspecified atom stereocenters. The van der Waals surface area contributed by atoms with Gasteiger partial charge in [0.1, 0.15) is 6.07 Å². The highest BCUT2D eigenvalue weighted by atomic mass is 79.9. The second-order valence-electron chi connectivity index (χ2n) is 4.67. The highest BCUT2D eigenvalue weighted by Gasteiger charge is 2.14. The number of halogens is 2. The van der Waals surface area contributed by atoms with E-state index >= 15 is 0 Å². The number of anilines is 1. The monoisotopic (exact) mass is 326 g/mol. The lowest BCUT2D eigenvalue weighted by Gasteiger charge is -2.20. The Hall–Kier alpha value is -1.08. The van der Waals surface area contributed by atoms with Crippen LogP contribution in [0.4, 0.5) is 10.1 Å². The number of hydrogen-bond donors (Lipinski definition) is 1. The minimum absolute atomic E-state index is 0.241. The largest absolute Gasteiger partial charge is 0.380 e. The maximum Gasteiger partial charge on any atom is 0.161 e. The predicted octanol–water partition coefficient (Wildman–Crippen LogP) is 5.23. The predicted molar refractivity (Wildman–Crippen MR) is 80.7 cm³/mol. The summed E-state index contributed by atoms with van der Waals surface area (Å²) in [4.78, 5) is 0. The maximum absolute atomic E-state index is 14.1. The van der Waals surface area contributed by atoms with Crippen LogP contribution < -0.4 is 5.32 Å². The average Bonchev–Trinajstić information content (AvgIpc) is 2.41. The van der Waals surface area contributed by atoms with E-state index in [1.54, 1.807) is 12.1 Å². The summed E-state index contributed by atoms with van der Waals surface area (Å²) >= 11 is 3.14. The van der Waals surface area contributed by atoms with E-state index in [2.05, 4.69) is 35.1 Å². The van der Waals surface area contributed by atoms with Crippen molar-refractivity contribution in [1.29, 1.82) is 5.26 Å². The number of nitrogens with zero attached hydrogens (tertiary/aromatic N) is 1. The maximum atomic E-state index is 14.1. The number of rotatable bonds is 7. The summed E-state index contributed by atoms with van der Waals surface area (Å²) in [5.74, 6) is -0.378. The fraction of sp³-hybridized carbons (Fsp3) is 0.533. The van der Waals surface area contributed by atoms with Gasteiger partial charge in [-0.15, -0.1) is 0 Å². The molecule has 0 aliphatic carbocycles. The van der Waals surface area contributed by atoms with Crippen LogP contribution in [-0.2, 0) is 0 Å². The highest BCUT2D eigenvalue weighted by molar-refractivity contribution is 9.10. The summed E-state index contributed by atoms with van der Waals surface area (Å²) in [6, 6.07) is 5.54. The lowest BCUT2D eigenvalue weighted by atomic mass is 10.0. The lowest BCUT2D eigenvalue weighted by molar-refractivity contribution is 0.556. The van der Waals surface area contributed by atoms with Crippen molar-refractivity contribution in [2.24, 2.45) is 0 Å². The minimum Gasteiger partial charge on any atom is -0.380 e. The molecule has 0 amide bonds. The molecule has 0 aliphatic rings. The molecule has 1 atom stereocenters. The van der Waals surface area contributed by atoms with Crippen LogP contribution in [0.3, 0.4) is 0 Å². The molecule has 0 bridgehead atoms. The van der Waals surface area contributed by atoms with Crippen molar-refractivity contribution in [3.05, 3.63) is 28.0 Å². The molecule has 0 saturated carbocycles. The number of nitrogens with one attached hydrogen (secondary N) is 1. The van der Waals surface area contributed by atoms with Gasteiger partial charge in [-0.3, -0.25) is 0 Å². The zero-order chi connectivity index (χ0) is 14.3. The third-order valence-electron chi connectivity index (χ3n) is 3.11. The number of unbranched alkanes of at least 4 members (excludes halogenated alkanes) is 1. The second-order valence-corrected chi connectivity index (χ2v) is 5.47. The first-order chi connectivity index (χ1) is 9.13. The normalized spacial score (nSPS) is 11.9. The first-order valence-corrected chi connectivity index (χ1v) is 7.57. The van der Waals surface area contributed by atoms with E-state index in [1.165, 1.54) is 0 Å². The molecular formula is C15H20BrFN2. The zero-order valence-electron chi connectivity index (χ0n) is 11.5. The van der Waals surface area contributed by atoms with E-state index in [4.69, 9.17) is 5.26 Å². The van der Waals surface area contributed by atoms with Crippen molar-refractivity contribution in [1.82, 2.24) is 0 Å². The number of nitriles is 1. The first kappa shape index (κ1) is 16.0. The van der Waals surface area contributed by atoms with Gasteiger partial charge < -0.3 is 5.32 Å². The van der Waals surface area contributed by atoms with Gasteiger partial charge in [0.25, 0.3) is 0 Å². The Morgan fingerprint density at radius 1 is 1.32 bits per heavy atom. The van der Waals surface area contributed by atoms with Crippen molar-refractivity contribution >= 4 is 21.6 Å². The molecule has 0 aromatic heterocycles. The zero-order valence-corrected chi connectivity index (χ0v) is 13.1. The quantitative estimate of drug-likeness (QED) is 0.744. The third-order valence-corrected chi connectivity index (χ3v) is 3.88. The number of benzene rings is 1. The van der Waals surface area contributed by atoms with Gasteiger partial charge in [0.2, 0.25) is 0 Å². The van der Waals surface area contributed by atoms with Crippen LogP contribution in [0.5, 0.6) is 0 Å². The van der Waals surface area contributed by atoms with Crippen LogP contribution in [0.25, 0.3) is 0 Å². The van der Waals surface area contributed by atoms with Crippen molar-refractivity contribution in [3.8, 4) is 6.07 Å². The average molecular weight is 327 g/mol. The third kappa shape index (κ3) is 4.50. The Bertz CT molecular complexity index is 454. The van der Waals surface area contributed by atoms with E-state index in [-0.39, 0.29) is 10.3 Å². The first-order valence-electron chi connectivity index (χ1n) is 6.78. The van der Waals surface area contributed by atoms with Crippen molar-refractivity contribution in [2.45, 2.75) is 52.0 Å². The van der Waals surface area contributed by atoms with Gasteiger partial charge >= 0.3 is 0 Å². The fourth-order valence-corrected chi connectivity index (χ4v) is 2.49. The Morgan fingerprint density at radius 2 is 2.05 bits per heavy atom. The topological polar surface area (TPSA) is 35.8 Å². The molecule has 4 heteroatoms. The molecule has 1 rings (SSSR count). The fourth-order valence-electron chi connectivity index (χ4n) is 2.05. The minimum atomic E-state index is -0.378. The molecule has 0 spiro atoms. The van der Waals surface area contributed by atoms with Crippen LogP contribution in [0.15, 0.2) is 16.6 Å². The van der Waals surface area contributed by atoms with E-state index in [1.807, 2.05) is 6.07 Å². The van der Waals surface area contributed by atoms with Gasteiger partial charge in [0, 0.05) is 6.04 Å². The Kier molecular flexibility index (Phi) is 6.86. The molecule has 104 valence electrons. The summed E-state index contributed by atoms with van der Waals surface area (Å²) < 4.78 is 14.4. The van der Waals surface area contributed by atoms with Crippen LogP contribution >= 0.6 is 15.9 Å². The van der Waals surface area contributed by atoms with Gasteiger partial charge in [-0.25, -0.2) is 4.39 Å². The molecule has 0 aliphatic heterocycles. The van der Waals surface area contributed by atoms with E-state index in [0.29, 0.717) is 17.3 Å². The van der Waals surface area contributed by atoms with Gasteiger partial charge in [-0.1, -0.05) is 33.1 Å². The molecule has 0 radical (unpaired) electrons. The molecule has 1 aromatic carbocycles. The Balaban J connectivity index is 2.85. The van der Waals surface area contributed by atoms with E-state index < -0.39 is 0 Å². The summed E-state index contributed by atoms with van der Waals surface area (Å²) in [5, 5.41) is 12.1. The van der Waals surface area contributed by atoms with Crippen molar-refractivity contribution < 1.29 is 4.39 Å². The summed E-state index contributed by atoms with van der Waals surface area (Å²) in [7, 11) is 0. The van der Waals surface area contributed by atoms with Crippen LogP contribution in [0, 0.1) is 17.1 Å². The highest BCUT2D eigenvalue weighted by Crippen LogP contribution is 2.28. The van der Waals surface area contributed by atoms with E-state index in [9.17, 15) is 4.39 Å². The Morgan fingerprint density at radius 3 is 2.63 bits per heavy atom. The van der Waals surface area contributed by atoms with Gasteiger partial charge in [-0.05, 0) is 40.9 Å². The molecule has 1 aromatic rings. The summed E-state index contributed by atoms with van der Waals surface area (Å²) in [6.45, 7) is 4.29. The lowest BCUT2D eigenvalue weighted by Crippen LogP contribution is -2.20. The van der Waals surface area contributed by atoms with E-state index in [0.717, 1.165) is 32.1 Å². The molecule has 1 N–H and O–H groups in total. The van der Waals surface area contributed by atoms with Crippen molar-refractivity contribution in [2.75, 3.05) is 5.32 Å². The summed E-state index contributed by atoms with van der Waals surface area (Å²) in [5.41, 5.74) is 0.795. The molecule has 0 heterocycles.